The monoisotopic (exact) mass is 428 g/mol. The van der Waals surface area contributed by atoms with Crippen LogP contribution in [-0.4, -0.2) is 11.7 Å². The van der Waals surface area contributed by atoms with E-state index in [4.69, 9.17) is 5.11 Å². The Balaban J connectivity index is 1.28. The second-order valence-electron chi connectivity index (χ2n) is 8.16. The summed E-state index contributed by atoms with van der Waals surface area (Å²) >= 11 is 0. The third kappa shape index (κ3) is 5.83. The molecule has 5 heteroatoms. The molecule has 0 amide bonds. The van der Waals surface area contributed by atoms with Crippen molar-refractivity contribution in [2.75, 3.05) is 6.61 Å². The first-order chi connectivity index (χ1) is 15.7. The van der Waals surface area contributed by atoms with Crippen molar-refractivity contribution in [3.8, 4) is 22.3 Å². The quantitative estimate of drug-likeness (QED) is 0.408. The van der Waals surface area contributed by atoms with Gasteiger partial charge in [0.25, 0.3) is 0 Å². The van der Waals surface area contributed by atoms with Crippen molar-refractivity contribution in [2.24, 2.45) is 7.05 Å². The fourth-order valence-corrected chi connectivity index (χ4v) is 3.78. The number of aryl methyl sites for hydroxylation is 4. The lowest BCUT2D eigenvalue weighted by Crippen LogP contribution is -2.38. The molecule has 0 saturated heterocycles. The summed E-state index contributed by atoms with van der Waals surface area (Å²) in [6, 6.07) is 17.3. The molecule has 5 nitrogen and oxygen atoms in total. The maximum Gasteiger partial charge on any atom is 0.169 e. The highest BCUT2D eigenvalue weighted by molar-refractivity contribution is 5.61. The molecular weight excluding hydrogens is 396 g/mol. The number of nitrogens with zero attached hydrogens (tertiary/aromatic N) is 4. The molecule has 162 valence electrons. The Hall–Kier alpha value is -3.44. The van der Waals surface area contributed by atoms with E-state index >= 15 is 0 Å². The number of hydrogen-bond acceptors (Lipinski definition) is 1. The van der Waals surface area contributed by atoms with E-state index in [2.05, 4.69) is 112 Å². The molecule has 0 bridgehead atoms. The zero-order valence-electron chi connectivity index (χ0n) is 18.7. The van der Waals surface area contributed by atoms with Gasteiger partial charge >= 0.3 is 0 Å². The van der Waals surface area contributed by atoms with Crippen molar-refractivity contribution in [3.05, 3.63) is 98.1 Å². The average Bonchev–Trinajstić information content (AvgIpc) is 2.85. The van der Waals surface area contributed by atoms with Gasteiger partial charge < -0.3 is 5.11 Å². The molecule has 0 aliphatic heterocycles. The fraction of sp³-hybridized carbons (Fsp3) is 0.259. The number of aromatic nitrogens is 4. The third-order valence-corrected chi connectivity index (χ3v) is 5.73. The van der Waals surface area contributed by atoms with Crippen molar-refractivity contribution in [3.63, 3.8) is 0 Å². The van der Waals surface area contributed by atoms with Gasteiger partial charge in [-0.25, -0.2) is 18.3 Å². The molecule has 0 saturated carbocycles. The zero-order valence-corrected chi connectivity index (χ0v) is 18.7. The molecule has 0 unspecified atom stereocenters. The van der Waals surface area contributed by atoms with Crippen molar-refractivity contribution in [2.45, 2.75) is 32.5 Å². The molecular formula is C27H32N4O+4. The van der Waals surface area contributed by atoms with Crippen LogP contribution in [-0.2, 0) is 26.7 Å². The van der Waals surface area contributed by atoms with E-state index < -0.39 is 0 Å². The zero-order chi connectivity index (χ0) is 22.2. The van der Waals surface area contributed by atoms with Gasteiger partial charge in [0.15, 0.2) is 69.2 Å². The highest BCUT2D eigenvalue weighted by Gasteiger charge is 2.08. The summed E-state index contributed by atoms with van der Waals surface area (Å²) in [6.45, 7) is 3.05. The summed E-state index contributed by atoms with van der Waals surface area (Å²) in [4.78, 5) is 0. The topological polar surface area (TPSA) is 35.8 Å². The van der Waals surface area contributed by atoms with E-state index in [1.807, 2.05) is 11.6 Å². The van der Waals surface area contributed by atoms with Gasteiger partial charge in [-0.2, -0.15) is 0 Å². The molecule has 4 heterocycles. The number of pyridine rings is 4. The van der Waals surface area contributed by atoms with Crippen LogP contribution in [0, 0.1) is 0 Å². The van der Waals surface area contributed by atoms with Crippen LogP contribution in [0.4, 0.5) is 0 Å². The molecule has 0 aromatic carbocycles. The molecule has 0 spiro atoms. The van der Waals surface area contributed by atoms with E-state index in [0.717, 1.165) is 32.5 Å². The molecule has 4 rings (SSSR count). The van der Waals surface area contributed by atoms with Gasteiger partial charge in [-0.15, -0.1) is 0 Å². The highest BCUT2D eigenvalue weighted by Crippen LogP contribution is 2.16. The second kappa shape index (κ2) is 10.7. The van der Waals surface area contributed by atoms with E-state index in [9.17, 15) is 0 Å². The first kappa shape index (κ1) is 21.8. The van der Waals surface area contributed by atoms with Crippen LogP contribution < -0.4 is 18.3 Å². The lowest BCUT2D eigenvalue weighted by Gasteiger charge is -2.02. The van der Waals surface area contributed by atoms with Gasteiger partial charge in [-0.05, 0) is 22.3 Å². The van der Waals surface area contributed by atoms with E-state index in [0.29, 0.717) is 0 Å². The number of rotatable bonds is 9. The summed E-state index contributed by atoms with van der Waals surface area (Å²) < 4.78 is 8.64. The molecule has 0 radical (unpaired) electrons. The largest absolute Gasteiger partial charge is 0.396 e. The Labute approximate surface area is 190 Å². The summed E-state index contributed by atoms with van der Waals surface area (Å²) in [5, 5.41) is 8.96. The Morgan fingerprint density at radius 1 is 0.500 bits per heavy atom. The predicted molar refractivity (Wildman–Crippen MR) is 122 cm³/mol. The maximum absolute atomic E-state index is 8.96. The normalized spacial score (nSPS) is 10.9. The van der Waals surface area contributed by atoms with Crippen molar-refractivity contribution in [1.82, 2.24) is 0 Å². The Morgan fingerprint density at radius 3 is 1.16 bits per heavy atom. The fourth-order valence-electron chi connectivity index (χ4n) is 3.78. The van der Waals surface area contributed by atoms with Gasteiger partial charge in [0.2, 0.25) is 0 Å². The molecule has 0 fully saturated rings. The lowest BCUT2D eigenvalue weighted by atomic mass is 10.1. The van der Waals surface area contributed by atoms with Crippen LogP contribution in [0.1, 0.15) is 12.8 Å². The van der Waals surface area contributed by atoms with Crippen LogP contribution in [0.15, 0.2) is 98.1 Å². The van der Waals surface area contributed by atoms with Crippen LogP contribution in [0.5, 0.6) is 0 Å². The van der Waals surface area contributed by atoms with Crippen molar-refractivity contribution in [1.29, 1.82) is 0 Å². The molecule has 0 aliphatic carbocycles. The van der Waals surface area contributed by atoms with E-state index in [-0.39, 0.29) is 6.61 Å². The minimum atomic E-state index is 0.226. The number of hydrogen-bond donors (Lipinski definition) is 1. The first-order valence-corrected chi connectivity index (χ1v) is 11.3. The van der Waals surface area contributed by atoms with Gasteiger partial charge in [0, 0.05) is 61.6 Å². The van der Waals surface area contributed by atoms with Crippen molar-refractivity contribution < 1.29 is 23.4 Å². The van der Waals surface area contributed by atoms with Gasteiger partial charge in [-0.1, -0.05) is 0 Å². The first-order valence-electron chi connectivity index (χ1n) is 11.3. The summed E-state index contributed by atoms with van der Waals surface area (Å²) in [5.74, 6) is 0. The van der Waals surface area contributed by atoms with Crippen LogP contribution in [0.25, 0.3) is 22.3 Å². The molecule has 1 N–H and O–H groups in total. The molecule has 0 aliphatic rings. The van der Waals surface area contributed by atoms with Crippen molar-refractivity contribution >= 4 is 0 Å². The lowest BCUT2D eigenvalue weighted by molar-refractivity contribution is -0.726. The van der Waals surface area contributed by atoms with Gasteiger partial charge in [-0.3, -0.25) is 0 Å². The third-order valence-electron chi connectivity index (χ3n) is 5.73. The summed E-state index contributed by atoms with van der Waals surface area (Å²) in [6.07, 6.45) is 18.8. The predicted octanol–water partition coefficient (Wildman–Crippen LogP) is 2.18. The Bertz CT molecular complexity index is 1110. The SMILES string of the molecule is C[n+]1ccc(-c2cc[n+](CCC[n+]3ccc(-c4cc[n+](CCCO)cc4)cc3)cc2)cc1. The molecule has 4 aromatic heterocycles. The van der Waals surface area contributed by atoms with Crippen LogP contribution in [0.2, 0.25) is 0 Å². The number of aliphatic hydroxyl groups excluding tert-OH is 1. The highest BCUT2D eigenvalue weighted by atomic mass is 16.3. The number of aliphatic hydroxyl groups is 1. The summed E-state index contributed by atoms with van der Waals surface area (Å²) in [5.41, 5.74) is 4.91. The molecule has 0 atom stereocenters. The van der Waals surface area contributed by atoms with E-state index in [1.165, 1.54) is 22.3 Å². The molecule has 4 aromatic rings. The van der Waals surface area contributed by atoms with Gasteiger partial charge in [0.1, 0.15) is 7.05 Å². The minimum absolute atomic E-state index is 0.226. The molecule has 32 heavy (non-hydrogen) atoms. The van der Waals surface area contributed by atoms with Gasteiger partial charge in [0.05, 0.1) is 6.42 Å². The van der Waals surface area contributed by atoms with Crippen LogP contribution in [0.3, 0.4) is 0 Å². The average molecular weight is 429 g/mol. The minimum Gasteiger partial charge on any atom is -0.396 e. The second-order valence-corrected chi connectivity index (χ2v) is 8.16. The maximum atomic E-state index is 8.96. The standard InChI is InChI=1S/C27H32N4O/c1-28-15-4-24(5-16-28)25-6-17-29(18-7-25)12-2-13-30-19-8-26(9-20-30)27-10-21-31(22-11-27)14-3-23-32/h4-11,15-22,32H,2-3,12-14,23H2,1H3/q+4. The smallest absolute Gasteiger partial charge is 0.169 e. The summed E-state index contributed by atoms with van der Waals surface area (Å²) in [7, 11) is 2.03. The Morgan fingerprint density at radius 2 is 0.812 bits per heavy atom. The van der Waals surface area contributed by atoms with E-state index in [1.54, 1.807) is 0 Å². The Kier molecular flexibility index (Phi) is 7.31. The van der Waals surface area contributed by atoms with Crippen LogP contribution >= 0.6 is 0 Å².